The number of rotatable bonds is 6. The van der Waals surface area contributed by atoms with Gasteiger partial charge in [-0.1, -0.05) is 54.3 Å². The average molecular weight is 359 g/mol. The molecule has 0 N–H and O–H groups in total. The lowest BCUT2D eigenvalue weighted by Gasteiger charge is -2.21. The van der Waals surface area contributed by atoms with Crippen LogP contribution in [0, 0.1) is 0 Å². The largest absolute Gasteiger partial charge is 0.410 e. The van der Waals surface area contributed by atoms with Crippen molar-refractivity contribution >= 4 is 34.2 Å². The monoisotopic (exact) mass is 358 g/mol. The van der Waals surface area contributed by atoms with Gasteiger partial charge in [0.15, 0.2) is 0 Å². The first-order chi connectivity index (χ1) is 11.3. The molecular formula is C19H26O3Si2. The molecule has 1 atom stereocenters. The van der Waals surface area contributed by atoms with Gasteiger partial charge in [0.05, 0.1) is 6.10 Å². The van der Waals surface area contributed by atoms with Gasteiger partial charge in [0.25, 0.3) is 0 Å². The number of aldehydes is 2. The van der Waals surface area contributed by atoms with E-state index in [-0.39, 0.29) is 6.10 Å². The van der Waals surface area contributed by atoms with Gasteiger partial charge in [-0.2, -0.15) is 0 Å². The van der Waals surface area contributed by atoms with Crippen LogP contribution in [-0.2, 0) is 14.0 Å². The Kier molecular flexibility index (Phi) is 5.90. The number of hydrogen-bond donors (Lipinski definition) is 0. The lowest BCUT2D eigenvalue weighted by Crippen LogP contribution is -2.40. The molecule has 0 aliphatic carbocycles. The van der Waals surface area contributed by atoms with Crippen molar-refractivity contribution in [2.24, 2.45) is 0 Å². The average Bonchev–Trinajstić information content (AvgIpc) is 2.81. The van der Waals surface area contributed by atoms with Crippen LogP contribution in [0.2, 0.25) is 26.2 Å². The highest BCUT2D eigenvalue weighted by Gasteiger charge is 2.39. The molecule has 24 heavy (non-hydrogen) atoms. The van der Waals surface area contributed by atoms with Gasteiger partial charge in [0, 0.05) is 6.42 Å². The van der Waals surface area contributed by atoms with E-state index in [9.17, 15) is 9.59 Å². The number of benzene rings is 1. The van der Waals surface area contributed by atoms with Gasteiger partial charge in [0.2, 0.25) is 8.32 Å². The Labute approximate surface area is 146 Å². The van der Waals surface area contributed by atoms with Crippen LogP contribution in [0.1, 0.15) is 12.8 Å². The number of carbonyl (C=O) groups excluding carboxylic acids is 2. The maximum atomic E-state index is 11.6. The quantitative estimate of drug-likeness (QED) is 0.445. The molecule has 128 valence electrons. The highest BCUT2D eigenvalue weighted by molar-refractivity contribution is 6.94. The Morgan fingerprint density at radius 1 is 1.25 bits per heavy atom. The summed E-state index contributed by atoms with van der Waals surface area (Å²) in [5, 5.41) is 2.44. The van der Waals surface area contributed by atoms with Crippen molar-refractivity contribution in [1.29, 1.82) is 0 Å². The zero-order valence-electron chi connectivity index (χ0n) is 14.9. The van der Waals surface area contributed by atoms with Crippen molar-refractivity contribution in [3.8, 4) is 0 Å². The predicted molar refractivity (Wildman–Crippen MR) is 103 cm³/mol. The lowest BCUT2D eigenvalue weighted by atomic mass is 10.1. The minimum atomic E-state index is -1.96. The van der Waals surface area contributed by atoms with Gasteiger partial charge in [-0.15, -0.1) is 0 Å². The molecule has 2 rings (SSSR count). The smallest absolute Gasteiger partial charge is 0.214 e. The fourth-order valence-electron chi connectivity index (χ4n) is 3.31. The third kappa shape index (κ3) is 4.50. The normalized spacial score (nSPS) is 22.6. The molecule has 1 aliphatic heterocycles. The van der Waals surface area contributed by atoms with Crippen molar-refractivity contribution < 1.29 is 14.0 Å². The summed E-state index contributed by atoms with van der Waals surface area (Å²) >= 11 is 0. The van der Waals surface area contributed by atoms with Crippen LogP contribution < -0.4 is 5.19 Å². The lowest BCUT2D eigenvalue weighted by molar-refractivity contribution is -0.105. The molecule has 1 fully saturated rings. The molecule has 0 amide bonds. The van der Waals surface area contributed by atoms with Gasteiger partial charge in [-0.05, 0) is 36.4 Å². The van der Waals surface area contributed by atoms with Gasteiger partial charge < -0.3 is 4.43 Å². The van der Waals surface area contributed by atoms with E-state index in [0.29, 0.717) is 6.42 Å². The summed E-state index contributed by atoms with van der Waals surface area (Å²) in [7, 11) is -3.77. The van der Waals surface area contributed by atoms with Gasteiger partial charge in [-0.3, -0.25) is 9.59 Å². The second-order valence-electron chi connectivity index (χ2n) is 7.41. The Hall–Kier alpha value is -1.57. The molecule has 1 aromatic carbocycles. The van der Waals surface area contributed by atoms with Crippen LogP contribution in [0.15, 0.2) is 52.9 Å². The SMILES string of the molecule is C[Si]1(C)OC(C/C(C=O)=C/[Si](C)(C)c2ccccc2)C/C1=C/C=O. The molecule has 0 aromatic heterocycles. The van der Waals surface area contributed by atoms with Crippen LogP contribution in [-0.4, -0.2) is 35.1 Å². The van der Waals surface area contributed by atoms with Crippen molar-refractivity contribution in [1.82, 2.24) is 0 Å². The molecule has 1 saturated heterocycles. The van der Waals surface area contributed by atoms with E-state index in [2.05, 4.69) is 44.0 Å². The second kappa shape index (κ2) is 7.55. The molecule has 3 nitrogen and oxygen atoms in total. The Morgan fingerprint density at radius 2 is 1.92 bits per heavy atom. The van der Waals surface area contributed by atoms with Gasteiger partial charge in [-0.25, -0.2) is 0 Å². The summed E-state index contributed by atoms with van der Waals surface area (Å²) in [4.78, 5) is 22.4. The van der Waals surface area contributed by atoms with Crippen molar-refractivity contribution in [2.45, 2.75) is 45.1 Å². The summed E-state index contributed by atoms with van der Waals surface area (Å²) in [5.41, 5.74) is 2.99. The van der Waals surface area contributed by atoms with E-state index in [1.54, 1.807) is 6.08 Å². The molecule has 0 spiro atoms. The maximum absolute atomic E-state index is 11.6. The zero-order chi connectivity index (χ0) is 17.8. The second-order valence-corrected chi connectivity index (χ2v) is 15.6. The topological polar surface area (TPSA) is 43.4 Å². The third-order valence-corrected chi connectivity index (χ3v) is 10.4. The van der Waals surface area contributed by atoms with Crippen LogP contribution in [0.3, 0.4) is 0 Å². The summed E-state index contributed by atoms with van der Waals surface area (Å²) in [6.45, 7) is 8.71. The molecular weight excluding hydrogens is 332 g/mol. The van der Waals surface area contributed by atoms with Crippen LogP contribution in [0.4, 0.5) is 0 Å². The van der Waals surface area contributed by atoms with Crippen LogP contribution in [0.5, 0.6) is 0 Å². The minimum absolute atomic E-state index is 0.00916. The van der Waals surface area contributed by atoms with Gasteiger partial charge >= 0.3 is 0 Å². The molecule has 5 heteroatoms. The van der Waals surface area contributed by atoms with E-state index in [1.807, 2.05) is 18.2 Å². The first kappa shape index (κ1) is 18.8. The fourth-order valence-corrected chi connectivity index (χ4v) is 7.98. The summed E-state index contributed by atoms with van der Waals surface area (Å²) in [5.74, 6) is 0. The van der Waals surface area contributed by atoms with E-state index in [1.165, 1.54) is 5.19 Å². The Bertz CT molecular complexity index is 660. The highest BCUT2D eigenvalue weighted by atomic mass is 28.4. The Morgan fingerprint density at radius 3 is 2.50 bits per heavy atom. The van der Waals surface area contributed by atoms with Crippen LogP contribution >= 0.6 is 0 Å². The summed E-state index contributed by atoms with van der Waals surface area (Å²) in [6, 6.07) is 10.4. The molecule has 1 aliphatic rings. The fraction of sp³-hybridized carbons (Fsp3) is 0.368. The summed E-state index contributed by atoms with van der Waals surface area (Å²) in [6.07, 6.45) is 4.86. The first-order valence-electron chi connectivity index (χ1n) is 8.33. The van der Waals surface area contributed by atoms with Crippen molar-refractivity contribution in [2.75, 3.05) is 0 Å². The standard InChI is InChI=1S/C19H26O3Si2/c1-23(2,18-8-6-5-7-9-18)15-16(14-21)12-17-13-19(10-11-20)24(3,4)22-17/h5-11,14-15,17H,12-13H2,1-4H3/b16-15-,19-10-. The van der Waals surface area contributed by atoms with E-state index in [0.717, 1.165) is 29.8 Å². The van der Waals surface area contributed by atoms with E-state index in [4.69, 9.17) is 4.43 Å². The highest BCUT2D eigenvalue weighted by Crippen LogP contribution is 2.34. The van der Waals surface area contributed by atoms with Crippen LogP contribution in [0.25, 0.3) is 0 Å². The molecule has 1 heterocycles. The van der Waals surface area contributed by atoms with Crippen molar-refractivity contribution in [3.63, 3.8) is 0 Å². The molecule has 1 aromatic rings. The molecule has 0 radical (unpaired) electrons. The zero-order valence-corrected chi connectivity index (χ0v) is 16.9. The number of allylic oxidation sites excluding steroid dienone is 1. The third-order valence-electron chi connectivity index (χ3n) is 4.63. The van der Waals surface area contributed by atoms with Crippen molar-refractivity contribution in [3.05, 3.63) is 52.9 Å². The summed E-state index contributed by atoms with van der Waals surface area (Å²) < 4.78 is 6.19. The maximum Gasteiger partial charge on any atom is 0.214 e. The number of carbonyl (C=O) groups is 2. The number of hydrogen-bond acceptors (Lipinski definition) is 3. The Balaban J connectivity index is 2.17. The minimum Gasteiger partial charge on any atom is -0.410 e. The molecule has 1 unspecified atom stereocenters. The molecule has 0 bridgehead atoms. The predicted octanol–water partition coefficient (Wildman–Crippen LogP) is 3.32. The van der Waals surface area contributed by atoms with E-state index >= 15 is 0 Å². The van der Waals surface area contributed by atoms with E-state index < -0.39 is 16.4 Å². The van der Waals surface area contributed by atoms with Gasteiger partial charge in [0.1, 0.15) is 20.6 Å². The molecule has 0 saturated carbocycles. The first-order valence-corrected chi connectivity index (χ1v) is 14.3.